The summed E-state index contributed by atoms with van der Waals surface area (Å²) in [6.07, 6.45) is 0.738. The third-order valence-corrected chi connectivity index (χ3v) is 2.20. The van der Waals surface area contributed by atoms with Crippen LogP contribution in [0.25, 0.3) is 0 Å². The summed E-state index contributed by atoms with van der Waals surface area (Å²) in [5.41, 5.74) is -0.463. The molecule has 0 aliphatic carbocycles. The minimum Gasteiger partial charge on any atom is -0.444 e. The maximum Gasteiger partial charge on any atom is 0.408 e. The summed E-state index contributed by atoms with van der Waals surface area (Å²) < 4.78 is 31.0. The Morgan fingerprint density at radius 2 is 1.85 bits per heavy atom. The van der Waals surface area contributed by atoms with Crippen LogP contribution in [0.3, 0.4) is 0 Å². The molecule has 1 unspecified atom stereocenters. The van der Waals surface area contributed by atoms with E-state index in [1.807, 2.05) is 0 Å². The van der Waals surface area contributed by atoms with E-state index < -0.39 is 29.4 Å². The van der Waals surface area contributed by atoms with Crippen molar-refractivity contribution in [3.8, 4) is 0 Å². The number of alkyl carbamates (subject to hydrolysis) is 1. The highest BCUT2D eigenvalue weighted by Crippen LogP contribution is 2.11. The average molecular weight is 284 g/mol. The molecule has 0 heterocycles. The smallest absolute Gasteiger partial charge is 0.408 e. The van der Waals surface area contributed by atoms with Crippen LogP contribution >= 0.6 is 0 Å². The van der Waals surface area contributed by atoms with Crippen LogP contribution in [0.15, 0.2) is 18.2 Å². The number of amides is 1. The average Bonchev–Trinajstić information content (AvgIpc) is 2.23. The lowest BCUT2D eigenvalue weighted by Gasteiger charge is -2.21. The first-order chi connectivity index (χ1) is 9.19. The Balaban J connectivity index is 2.68. The van der Waals surface area contributed by atoms with E-state index in [0.717, 1.165) is 18.2 Å². The normalized spacial score (nSPS) is 12.7. The number of ether oxygens (including phenoxy) is 1. The van der Waals surface area contributed by atoms with E-state index in [1.165, 1.54) is 0 Å². The molecule has 20 heavy (non-hydrogen) atoms. The SMILES string of the molecule is CC(C)(C)OC(=O)NC([C]=O)Cc1cc(F)cc(F)c1. The van der Waals surface area contributed by atoms with Gasteiger partial charge >= 0.3 is 6.09 Å². The number of carbonyl (C=O) groups excluding carboxylic acids is 2. The highest BCUT2D eigenvalue weighted by atomic mass is 19.1. The van der Waals surface area contributed by atoms with Crippen molar-refractivity contribution in [2.75, 3.05) is 0 Å². The van der Waals surface area contributed by atoms with Crippen molar-refractivity contribution in [1.29, 1.82) is 0 Å². The summed E-state index contributed by atoms with van der Waals surface area (Å²) in [4.78, 5) is 22.3. The largest absolute Gasteiger partial charge is 0.444 e. The van der Waals surface area contributed by atoms with Gasteiger partial charge in [-0.2, -0.15) is 0 Å². The van der Waals surface area contributed by atoms with Gasteiger partial charge in [0.15, 0.2) is 0 Å². The molecule has 1 rings (SSSR count). The molecule has 0 saturated carbocycles. The number of benzene rings is 1. The van der Waals surface area contributed by atoms with Crippen LogP contribution in [0.1, 0.15) is 26.3 Å². The van der Waals surface area contributed by atoms with E-state index in [0.29, 0.717) is 0 Å². The summed E-state index contributed by atoms with van der Waals surface area (Å²) >= 11 is 0. The maximum absolute atomic E-state index is 13.0. The Labute approximate surface area is 116 Å². The van der Waals surface area contributed by atoms with E-state index in [2.05, 4.69) is 5.32 Å². The molecule has 0 aliphatic rings. The van der Waals surface area contributed by atoms with E-state index in [9.17, 15) is 18.4 Å². The van der Waals surface area contributed by atoms with Gasteiger partial charge in [0.1, 0.15) is 23.3 Å². The molecule has 0 bridgehead atoms. The highest BCUT2D eigenvalue weighted by molar-refractivity contribution is 5.73. The lowest BCUT2D eigenvalue weighted by Crippen LogP contribution is -2.41. The molecular weight excluding hydrogens is 268 g/mol. The van der Waals surface area contributed by atoms with Crippen molar-refractivity contribution in [1.82, 2.24) is 5.32 Å². The monoisotopic (exact) mass is 284 g/mol. The van der Waals surface area contributed by atoms with Crippen molar-refractivity contribution in [3.05, 3.63) is 35.4 Å². The van der Waals surface area contributed by atoms with Crippen molar-refractivity contribution in [2.24, 2.45) is 0 Å². The van der Waals surface area contributed by atoms with Gasteiger partial charge < -0.3 is 10.1 Å². The molecule has 0 saturated heterocycles. The summed E-state index contributed by atoms with van der Waals surface area (Å²) in [7, 11) is 0. The zero-order chi connectivity index (χ0) is 15.3. The zero-order valence-corrected chi connectivity index (χ0v) is 11.5. The Morgan fingerprint density at radius 1 is 1.30 bits per heavy atom. The molecule has 109 valence electrons. The fourth-order valence-corrected chi connectivity index (χ4v) is 1.54. The Bertz CT molecular complexity index is 477. The molecule has 0 aliphatic heterocycles. The summed E-state index contributed by atoms with van der Waals surface area (Å²) in [6, 6.07) is 1.87. The molecule has 1 atom stereocenters. The van der Waals surface area contributed by atoms with Gasteiger partial charge in [0.25, 0.3) is 0 Å². The first-order valence-electron chi connectivity index (χ1n) is 6.02. The molecule has 1 amide bonds. The van der Waals surface area contributed by atoms with Crippen LogP contribution in [0.5, 0.6) is 0 Å². The number of nitrogens with one attached hydrogen (secondary N) is 1. The molecule has 1 N–H and O–H groups in total. The molecule has 6 heteroatoms. The van der Waals surface area contributed by atoms with Crippen LogP contribution in [-0.4, -0.2) is 24.0 Å². The van der Waals surface area contributed by atoms with Gasteiger partial charge in [-0.15, -0.1) is 0 Å². The molecule has 0 spiro atoms. The minimum absolute atomic E-state index is 0.0720. The van der Waals surface area contributed by atoms with Crippen molar-refractivity contribution in [2.45, 2.75) is 38.8 Å². The molecule has 1 aromatic rings. The second-order valence-electron chi connectivity index (χ2n) is 5.30. The van der Waals surface area contributed by atoms with Crippen molar-refractivity contribution in [3.63, 3.8) is 0 Å². The fraction of sp³-hybridized carbons (Fsp3) is 0.429. The maximum atomic E-state index is 13.0. The lowest BCUT2D eigenvalue weighted by atomic mass is 10.1. The van der Waals surface area contributed by atoms with Gasteiger partial charge in [0.2, 0.25) is 6.29 Å². The lowest BCUT2D eigenvalue weighted by molar-refractivity contribution is 0.0517. The van der Waals surface area contributed by atoms with Gasteiger partial charge in [0.05, 0.1) is 0 Å². The molecule has 1 radical (unpaired) electrons. The predicted octanol–water partition coefficient (Wildman–Crippen LogP) is 2.51. The Morgan fingerprint density at radius 3 is 2.30 bits per heavy atom. The first-order valence-corrected chi connectivity index (χ1v) is 6.02. The number of carbonyl (C=O) groups is 1. The standard InChI is InChI=1S/C14H16F2NO3/c1-14(2,3)20-13(19)17-12(8-18)6-9-4-10(15)7-11(16)5-9/h4-5,7,12H,6H2,1-3H3,(H,17,19). The van der Waals surface area contributed by atoms with Crippen LogP contribution in [0, 0.1) is 11.6 Å². The van der Waals surface area contributed by atoms with Crippen molar-refractivity contribution >= 4 is 12.4 Å². The Hall–Kier alpha value is -1.98. The van der Waals surface area contributed by atoms with Gasteiger partial charge in [-0.3, -0.25) is 4.79 Å². The topological polar surface area (TPSA) is 55.4 Å². The molecule has 1 aromatic carbocycles. The number of hydrogen-bond acceptors (Lipinski definition) is 3. The number of rotatable bonds is 4. The van der Waals surface area contributed by atoms with E-state index in [4.69, 9.17) is 4.74 Å². The third-order valence-electron chi connectivity index (χ3n) is 2.20. The van der Waals surface area contributed by atoms with Crippen LogP contribution in [-0.2, 0) is 16.0 Å². The molecular formula is C14H16F2NO3. The van der Waals surface area contributed by atoms with Crippen molar-refractivity contribution < 1.29 is 23.1 Å². The van der Waals surface area contributed by atoms with E-state index in [1.54, 1.807) is 27.1 Å². The van der Waals surface area contributed by atoms with Gasteiger partial charge in [-0.05, 0) is 38.5 Å². The fourth-order valence-electron chi connectivity index (χ4n) is 1.54. The molecule has 0 fully saturated rings. The first kappa shape index (κ1) is 16.1. The summed E-state index contributed by atoms with van der Waals surface area (Å²) in [5, 5.41) is 2.28. The summed E-state index contributed by atoms with van der Waals surface area (Å²) in [5.74, 6) is -1.50. The Kier molecular flexibility index (Phi) is 5.19. The minimum atomic E-state index is -1.04. The summed E-state index contributed by atoms with van der Waals surface area (Å²) in [6.45, 7) is 5.02. The van der Waals surface area contributed by atoms with Crippen LogP contribution in [0.2, 0.25) is 0 Å². The van der Waals surface area contributed by atoms with E-state index >= 15 is 0 Å². The van der Waals surface area contributed by atoms with Gasteiger partial charge in [-0.1, -0.05) is 0 Å². The number of halogens is 2. The second-order valence-corrected chi connectivity index (χ2v) is 5.30. The van der Waals surface area contributed by atoms with Gasteiger partial charge in [-0.25, -0.2) is 13.6 Å². The van der Waals surface area contributed by atoms with Crippen LogP contribution in [0.4, 0.5) is 13.6 Å². The zero-order valence-electron chi connectivity index (χ0n) is 11.5. The third kappa shape index (κ3) is 5.77. The predicted molar refractivity (Wildman–Crippen MR) is 68.9 cm³/mol. The molecule has 4 nitrogen and oxygen atoms in total. The second kappa shape index (κ2) is 6.45. The van der Waals surface area contributed by atoms with Gasteiger partial charge in [0, 0.05) is 12.5 Å². The number of hydrogen-bond donors (Lipinski definition) is 1. The van der Waals surface area contributed by atoms with E-state index in [-0.39, 0.29) is 12.0 Å². The quantitative estimate of drug-likeness (QED) is 0.924. The molecule has 0 aromatic heterocycles. The highest BCUT2D eigenvalue weighted by Gasteiger charge is 2.20. The van der Waals surface area contributed by atoms with Crippen LogP contribution < -0.4 is 5.32 Å².